The molecule has 0 saturated heterocycles. The molecule has 2 rings (SSSR count). The van der Waals surface area contributed by atoms with E-state index >= 15 is 0 Å². The molecule has 1 N–H and O–H groups in total. The minimum absolute atomic E-state index is 0.186. The normalized spacial score (nSPS) is 11.1. The van der Waals surface area contributed by atoms with Gasteiger partial charge in [0, 0.05) is 5.56 Å². The average Bonchev–Trinajstić information content (AvgIpc) is 2.54. The van der Waals surface area contributed by atoms with Crippen LogP contribution in [0.5, 0.6) is 11.5 Å². The van der Waals surface area contributed by atoms with Crippen LogP contribution in [-0.4, -0.2) is 24.8 Å². The molecule has 0 atom stereocenters. The second-order valence-electron chi connectivity index (χ2n) is 4.57. The van der Waals surface area contributed by atoms with Crippen molar-refractivity contribution in [2.45, 2.75) is 6.92 Å². The molecule has 2 aromatic rings. The molecular weight excluding hydrogens is 280 g/mol. The first-order chi connectivity index (χ1) is 10.7. The molecule has 0 spiro atoms. The number of aliphatic carboxylic acids is 1. The highest BCUT2D eigenvalue weighted by Gasteiger charge is 2.12. The van der Waals surface area contributed by atoms with Crippen molar-refractivity contribution < 1.29 is 19.4 Å². The summed E-state index contributed by atoms with van der Waals surface area (Å²) in [6, 6.07) is 14.3. The van der Waals surface area contributed by atoms with Gasteiger partial charge >= 0.3 is 5.97 Å². The van der Waals surface area contributed by atoms with Gasteiger partial charge in [-0.15, -0.1) is 0 Å². The number of benzene rings is 2. The Morgan fingerprint density at radius 3 is 2.64 bits per heavy atom. The minimum Gasteiger partial charge on any atom is -0.497 e. The maximum atomic E-state index is 11.6. The standard InChI is InChI=1S/C18H18O4/c1-3-22-17-10-5-4-7-14(17)12-16(18(19)20)13-8-6-9-15(11-13)21-2/h4-12H,3H2,1-2H3,(H,19,20)/b16-12-. The molecule has 0 aliphatic rings. The number of hydrogen-bond acceptors (Lipinski definition) is 3. The summed E-state index contributed by atoms with van der Waals surface area (Å²) in [5, 5.41) is 9.52. The molecule has 114 valence electrons. The van der Waals surface area contributed by atoms with Crippen LogP contribution in [0, 0.1) is 0 Å². The van der Waals surface area contributed by atoms with Gasteiger partial charge in [-0.05, 0) is 36.8 Å². The van der Waals surface area contributed by atoms with Gasteiger partial charge in [0.2, 0.25) is 0 Å². The molecule has 0 saturated carbocycles. The van der Waals surface area contributed by atoms with Crippen molar-refractivity contribution in [3.05, 3.63) is 59.7 Å². The molecule has 0 aliphatic heterocycles. The Morgan fingerprint density at radius 2 is 1.95 bits per heavy atom. The van der Waals surface area contributed by atoms with Gasteiger partial charge < -0.3 is 14.6 Å². The van der Waals surface area contributed by atoms with Crippen LogP contribution in [-0.2, 0) is 4.79 Å². The smallest absolute Gasteiger partial charge is 0.336 e. The van der Waals surface area contributed by atoms with E-state index in [1.54, 1.807) is 37.5 Å². The first-order valence-electron chi connectivity index (χ1n) is 6.97. The number of carbonyl (C=O) groups is 1. The summed E-state index contributed by atoms with van der Waals surface area (Å²) in [5.74, 6) is 0.272. The van der Waals surface area contributed by atoms with E-state index in [-0.39, 0.29) is 5.57 Å². The van der Waals surface area contributed by atoms with E-state index < -0.39 is 5.97 Å². The quantitative estimate of drug-likeness (QED) is 0.652. The summed E-state index contributed by atoms with van der Waals surface area (Å²) in [7, 11) is 1.55. The van der Waals surface area contributed by atoms with Gasteiger partial charge in [0.05, 0.1) is 19.3 Å². The van der Waals surface area contributed by atoms with Gasteiger partial charge in [-0.25, -0.2) is 4.79 Å². The zero-order chi connectivity index (χ0) is 15.9. The van der Waals surface area contributed by atoms with Crippen LogP contribution in [0.25, 0.3) is 11.6 Å². The van der Waals surface area contributed by atoms with Gasteiger partial charge in [0.1, 0.15) is 11.5 Å². The maximum Gasteiger partial charge on any atom is 0.336 e. The molecule has 4 nitrogen and oxygen atoms in total. The topological polar surface area (TPSA) is 55.8 Å². The highest BCUT2D eigenvalue weighted by molar-refractivity contribution is 6.20. The zero-order valence-corrected chi connectivity index (χ0v) is 12.6. The Bertz CT molecular complexity index is 689. The first-order valence-corrected chi connectivity index (χ1v) is 6.97. The molecule has 4 heteroatoms. The summed E-state index contributed by atoms with van der Waals surface area (Å²) in [6.45, 7) is 2.41. The summed E-state index contributed by atoms with van der Waals surface area (Å²) >= 11 is 0. The summed E-state index contributed by atoms with van der Waals surface area (Å²) in [5.41, 5.74) is 1.49. The molecule has 0 amide bonds. The minimum atomic E-state index is -1.00. The van der Waals surface area contributed by atoms with Crippen molar-refractivity contribution in [3.8, 4) is 11.5 Å². The zero-order valence-electron chi connectivity index (χ0n) is 12.6. The van der Waals surface area contributed by atoms with Crippen LogP contribution in [0.15, 0.2) is 48.5 Å². The summed E-state index contributed by atoms with van der Waals surface area (Å²) in [6.07, 6.45) is 1.61. The van der Waals surface area contributed by atoms with E-state index in [1.165, 1.54) is 0 Å². The Morgan fingerprint density at radius 1 is 1.18 bits per heavy atom. The predicted octanol–water partition coefficient (Wildman–Crippen LogP) is 3.72. The third-order valence-corrected chi connectivity index (χ3v) is 3.13. The molecule has 0 aliphatic carbocycles. The van der Waals surface area contributed by atoms with Crippen LogP contribution in [0.3, 0.4) is 0 Å². The number of rotatable bonds is 6. The predicted molar refractivity (Wildman–Crippen MR) is 86.1 cm³/mol. The lowest BCUT2D eigenvalue weighted by Crippen LogP contribution is -2.01. The molecule has 2 aromatic carbocycles. The van der Waals surface area contributed by atoms with Crippen LogP contribution in [0.4, 0.5) is 0 Å². The van der Waals surface area contributed by atoms with Crippen molar-refractivity contribution >= 4 is 17.6 Å². The summed E-state index contributed by atoms with van der Waals surface area (Å²) < 4.78 is 10.7. The average molecular weight is 298 g/mol. The highest BCUT2D eigenvalue weighted by atomic mass is 16.5. The fraction of sp³-hybridized carbons (Fsp3) is 0.167. The molecule has 0 bridgehead atoms. The number of para-hydroxylation sites is 1. The Hall–Kier alpha value is -2.75. The second-order valence-corrected chi connectivity index (χ2v) is 4.57. The fourth-order valence-electron chi connectivity index (χ4n) is 2.10. The van der Waals surface area contributed by atoms with E-state index in [2.05, 4.69) is 0 Å². The SMILES string of the molecule is CCOc1ccccc1/C=C(\C(=O)O)c1cccc(OC)c1. The number of hydrogen-bond donors (Lipinski definition) is 1. The van der Waals surface area contributed by atoms with Crippen LogP contribution >= 0.6 is 0 Å². The van der Waals surface area contributed by atoms with Gasteiger partial charge in [-0.1, -0.05) is 30.3 Å². The van der Waals surface area contributed by atoms with Gasteiger partial charge in [0.15, 0.2) is 0 Å². The van der Waals surface area contributed by atoms with E-state index in [9.17, 15) is 9.90 Å². The molecule has 0 aromatic heterocycles. The highest BCUT2D eigenvalue weighted by Crippen LogP contribution is 2.26. The molecule has 0 unspecified atom stereocenters. The van der Waals surface area contributed by atoms with Gasteiger partial charge in [-0.2, -0.15) is 0 Å². The number of methoxy groups -OCH3 is 1. The lowest BCUT2D eigenvalue weighted by Gasteiger charge is -2.09. The Labute approximate surface area is 129 Å². The van der Waals surface area contributed by atoms with Crippen molar-refractivity contribution in [3.63, 3.8) is 0 Å². The lowest BCUT2D eigenvalue weighted by atomic mass is 10.0. The molecule has 0 heterocycles. The number of carboxylic acids is 1. The van der Waals surface area contributed by atoms with Crippen molar-refractivity contribution in [1.82, 2.24) is 0 Å². The second kappa shape index (κ2) is 7.31. The van der Waals surface area contributed by atoms with Crippen molar-refractivity contribution in [2.75, 3.05) is 13.7 Å². The van der Waals surface area contributed by atoms with Crippen LogP contribution < -0.4 is 9.47 Å². The van der Waals surface area contributed by atoms with E-state index in [0.29, 0.717) is 23.7 Å². The number of carboxylic acid groups (broad SMARTS) is 1. The third-order valence-electron chi connectivity index (χ3n) is 3.13. The van der Waals surface area contributed by atoms with Crippen molar-refractivity contribution in [1.29, 1.82) is 0 Å². The van der Waals surface area contributed by atoms with Crippen LogP contribution in [0.2, 0.25) is 0 Å². The van der Waals surface area contributed by atoms with Crippen molar-refractivity contribution in [2.24, 2.45) is 0 Å². The van der Waals surface area contributed by atoms with Crippen LogP contribution in [0.1, 0.15) is 18.1 Å². The molecule has 22 heavy (non-hydrogen) atoms. The van der Waals surface area contributed by atoms with E-state index in [0.717, 1.165) is 5.56 Å². The molecule has 0 radical (unpaired) electrons. The summed E-state index contributed by atoms with van der Waals surface area (Å²) in [4.78, 5) is 11.6. The largest absolute Gasteiger partial charge is 0.497 e. The Kier molecular flexibility index (Phi) is 5.20. The first kappa shape index (κ1) is 15.6. The molecular formula is C18H18O4. The maximum absolute atomic E-state index is 11.6. The van der Waals surface area contributed by atoms with E-state index in [1.807, 2.05) is 31.2 Å². The van der Waals surface area contributed by atoms with Gasteiger partial charge in [-0.3, -0.25) is 0 Å². The monoisotopic (exact) mass is 298 g/mol. The van der Waals surface area contributed by atoms with E-state index in [4.69, 9.17) is 9.47 Å². The number of ether oxygens (including phenoxy) is 2. The molecule has 0 fully saturated rings. The van der Waals surface area contributed by atoms with Gasteiger partial charge in [0.25, 0.3) is 0 Å². The lowest BCUT2D eigenvalue weighted by molar-refractivity contribution is -0.130. The third kappa shape index (κ3) is 3.67. The fourth-order valence-corrected chi connectivity index (χ4v) is 2.10. The Balaban J connectivity index is 2.50.